The molecule has 25 heavy (non-hydrogen) atoms. The molecule has 0 spiro atoms. The van der Waals surface area contributed by atoms with Crippen molar-refractivity contribution >= 4 is 16.0 Å². The lowest BCUT2D eigenvalue weighted by atomic mass is 10.2. The van der Waals surface area contributed by atoms with Crippen molar-refractivity contribution in [2.24, 2.45) is 5.14 Å². The summed E-state index contributed by atoms with van der Waals surface area (Å²) in [6.07, 6.45) is 3.52. The van der Waals surface area contributed by atoms with Crippen LogP contribution in [0.15, 0.2) is 71.9 Å². The Balaban J connectivity index is 1.62. The molecule has 0 unspecified atom stereocenters. The number of carbonyl (C=O) groups is 1. The molecule has 0 atom stereocenters. The Labute approximate surface area is 144 Å². The minimum atomic E-state index is -3.78. The molecule has 0 aliphatic carbocycles. The van der Waals surface area contributed by atoms with Gasteiger partial charge in [-0.15, -0.1) is 0 Å². The van der Waals surface area contributed by atoms with Gasteiger partial charge in [-0.25, -0.2) is 23.0 Å². The van der Waals surface area contributed by atoms with Crippen molar-refractivity contribution in [3.05, 3.63) is 78.1 Å². The van der Waals surface area contributed by atoms with Gasteiger partial charge in [0, 0.05) is 12.4 Å². The topological polar surface area (TPSA) is 104 Å². The second-order valence-corrected chi connectivity index (χ2v) is 6.82. The molecule has 0 fully saturated rings. The average molecular weight is 357 g/mol. The van der Waals surface area contributed by atoms with E-state index in [4.69, 9.17) is 9.88 Å². The van der Waals surface area contributed by atoms with Crippen LogP contribution in [0.5, 0.6) is 0 Å². The molecule has 2 aromatic carbocycles. The number of carbonyl (C=O) groups excluding carboxylic acids is 1. The van der Waals surface area contributed by atoms with Crippen LogP contribution in [-0.4, -0.2) is 24.2 Å². The van der Waals surface area contributed by atoms with Gasteiger partial charge in [-0.2, -0.15) is 5.10 Å². The minimum Gasteiger partial charge on any atom is -0.457 e. The number of hydrogen-bond donors (Lipinski definition) is 1. The monoisotopic (exact) mass is 357 g/mol. The van der Waals surface area contributed by atoms with Crippen LogP contribution in [0.25, 0.3) is 5.69 Å². The molecule has 3 rings (SSSR count). The smallest absolute Gasteiger partial charge is 0.338 e. The first kappa shape index (κ1) is 16.9. The van der Waals surface area contributed by atoms with Crippen molar-refractivity contribution in [1.29, 1.82) is 0 Å². The maximum Gasteiger partial charge on any atom is 0.338 e. The number of esters is 1. The molecule has 0 amide bonds. The van der Waals surface area contributed by atoms with Crippen molar-refractivity contribution in [3.8, 4) is 5.69 Å². The number of nitrogens with two attached hydrogens (primary N) is 1. The number of benzene rings is 2. The standard InChI is InChI=1S/C17H15N3O4S/c18-25(22,23)16-8-4-14(5-9-16)17(21)24-12-13-2-6-15(7-3-13)20-11-1-10-19-20/h1-11H,12H2,(H2,18,22,23). The number of aromatic nitrogens is 2. The zero-order valence-electron chi connectivity index (χ0n) is 13.1. The minimum absolute atomic E-state index is 0.0572. The second kappa shape index (κ2) is 6.88. The summed E-state index contributed by atoms with van der Waals surface area (Å²) in [7, 11) is -3.78. The van der Waals surface area contributed by atoms with E-state index >= 15 is 0 Å². The maximum atomic E-state index is 12.0. The molecule has 0 aliphatic rings. The van der Waals surface area contributed by atoms with Crippen LogP contribution in [0.3, 0.4) is 0 Å². The van der Waals surface area contributed by atoms with Crippen LogP contribution in [0.2, 0.25) is 0 Å². The van der Waals surface area contributed by atoms with E-state index in [1.807, 2.05) is 36.5 Å². The first-order valence-electron chi connectivity index (χ1n) is 7.32. The molecule has 0 radical (unpaired) electrons. The number of hydrogen-bond acceptors (Lipinski definition) is 5. The predicted molar refractivity (Wildman–Crippen MR) is 90.5 cm³/mol. The van der Waals surface area contributed by atoms with Crippen LogP contribution >= 0.6 is 0 Å². The van der Waals surface area contributed by atoms with E-state index in [-0.39, 0.29) is 17.1 Å². The second-order valence-electron chi connectivity index (χ2n) is 5.26. The van der Waals surface area contributed by atoms with Gasteiger partial charge in [0.05, 0.1) is 16.1 Å². The number of nitrogens with zero attached hydrogens (tertiary/aromatic N) is 2. The molecule has 1 aromatic heterocycles. The Bertz CT molecular complexity index is 964. The van der Waals surface area contributed by atoms with Gasteiger partial charge in [0.1, 0.15) is 6.61 Å². The van der Waals surface area contributed by atoms with Crippen LogP contribution < -0.4 is 5.14 Å². The fourth-order valence-electron chi connectivity index (χ4n) is 2.18. The summed E-state index contributed by atoms with van der Waals surface area (Å²) in [6, 6.07) is 14.5. The predicted octanol–water partition coefficient (Wildman–Crippen LogP) is 1.88. The highest BCUT2D eigenvalue weighted by Gasteiger charge is 2.11. The fourth-order valence-corrected chi connectivity index (χ4v) is 2.69. The van der Waals surface area contributed by atoms with Crippen LogP contribution in [0.4, 0.5) is 0 Å². The summed E-state index contributed by atoms with van der Waals surface area (Å²) in [5.74, 6) is -0.544. The summed E-state index contributed by atoms with van der Waals surface area (Å²) in [4.78, 5) is 12.0. The van der Waals surface area contributed by atoms with Gasteiger partial charge < -0.3 is 4.74 Å². The third kappa shape index (κ3) is 4.11. The Morgan fingerprint density at radius 1 is 1.08 bits per heavy atom. The van der Waals surface area contributed by atoms with Gasteiger partial charge in [0.15, 0.2) is 0 Å². The van der Waals surface area contributed by atoms with E-state index in [0.29, 0.717) is 0 Å². The van der Waals surface area contributed by atoms with Gasteiger partial charge in [-0.1, -0.05) is 12.1 Å². The highest BCUT2D eigenvalue weighted by molar-refractivity contribution is 7.89. The van der Waals surface area contributed by atoms with Crippen LogP contribution in [0, 0.1) is 0 Å². The van der Waals surface area contributed by atoms with E-state index in [0.717, 1.165) is 11.3 Å². The van der Waals surface area contributed by atoms with E-state index in [1.54, 1.807) is 10.9 Å². The number of ether oxygens (including phenoxy) is 1. The van der Waals surface area contributed by atoms with Gasteiger partial charge in [0.25, 0.3) is 0 Å². The summed E-state index contributed by atoms with van der Waals surface area (Å²) in [6.45, 7) is 0.106. The first-order valence-corrected chi connectivity index (χ1v) is 8.87. The van der Waals surface area contributed by atoms with E-state index < -0.39 is 16.0 Å². The number of rotatable bonds is 5. The Morgan fingerprint density at radius 2 is 1.76 bits per heavy atom. The van der Waals surface area contributed by atoms with Crippen LogP contribution in [0.1, 0.15) is 15.9 Å². The summed E-state index contributed by atoms with van der Waals surface area (Å²) in [5.41, 5.74) is 1.98. The molecule has 8 heteroatoms. The largest absolute Gasteiger partial charge is 0.457 e. The summed E-state index contributed by atoms with van der Waals surface area (Å²) >= 11 is 0. The molecule has 0 bridgehead atoms. The highest BCUT2D eigenvalue weighted by Crippen LogP contribution is 2.13. The molecule has 0 saturated carbocycles. The summed E-state index contributed by atoms with van der Waals surface area (Å²) in [5, 5.41) is 9.15. The molecule has 3 aromatic rings. The van der Waals surface area contributed by atoms with Gasteiger partial charge in [-0.3, -0.25) is 0 Å². The van der Waals surface area contributed by atoms with Crippen molar-refractivity contribution in [2.75, 3.05) is 0 Å². The van der Waals surface area contributed by atoms with E-state index in [1.165, 1.54) is 24.3 Å². The van der Waals surface area contributed by atoms with Crippen molar-refractivity contribution in [3.63, 3.8) is 0 Å². The average Bonchev–Trinajstić information content (AvgIpc) is 3.14. The number of sulfonamides is 1. The van der Waals surface area contributed by atoms with E-state index in [2.05, 4.69) is 5.10 Å². The van der Waals surface area contributed by atoms with Crippen molar-refractivity contribution < 1.29 is 17.9 Å². The first-order chi connectivity index (χ1) is 11.9. The van der Waals surface area contributed by atoms with Crippen molar-refractivity contribution in [1.82, 2.24) is 9.78 Å². The van der Waals surface area contributed by atoms with Crippen LogP contribution in [-0.2, 0) is 21.4 Å². The molecule has 0 saturated heterocycles. The zero-order chi connectivity index (χ0) is 17.9. The SMILES string of the molecule is NS(=O)(=O)c1ccc(C(=O)OCc2ccc(-n3cccn3)cc2)cc1. The fraction of sp³-hybridized carbons (Fsp3) is 0.0588. The molecule has 0 aliphatic heterocycles. The van der Waals surface area contributed by atoms with Gasteiger partial charge in [-0.05, 0) is 48.0 Å². The third-order valence-electron chi connectivity index (χ3n) is 3.49. The van der Waals surface area contributed by atoms with Crippen molar-refractivity contribution in [2.45, 2.75) is 11.5 Å². The lowest BCUT2D eigenvalue weighted by Crippen LogP contribution is -2.12. The lowest BCUT2D eigenvalue weighted by Gasteiger charge is -2.07. The van der Waals surface area contributed by atoms with E-state index in [9.17, 15) is 13.2 Å². The maximum absolute atomic E-state index is 12.0. The summed E-state index contributed by atoms with van der Waals surface area (Å²) < 4.78 is 29.3. The Kier molecular flexibility index (Phi) is 4.64. The molecular formula is C17H15N3O4S. The molecular weight excluding hydrogens is 342 g/mol. The lowest BCUT2D eigenvalue weighted by molar-refractivity contribution is 0.0472. The van der Waals surface area contributed by atoms with Gasteiger partial charge in [0.2, 0.25) is 10.0 Å². The molecule has 128 valence electrons. The Hall–Kier alpha value is -2.97. The molecule has 7 nitrogen and oxygen atoms in total. The normalized spacial score (nSPS) is 11.2. The molecule has 1 heterocycles. The molecule has 2 N–H and O–H groups in total. The van der Waals surface area contributed by atoms with Gasteiger partial charge >= 0.3 is 5.97 Å². The quantitative estimate of drug-likeness (QED) is 0.702. The zero-order valence-corrected chi connectivity index (χ0v) is 13.9. The Morgan fingerprint density at radius 3 is 2.32 bits per heavy atom. The number of primary sulfonamides is 1. The third-order valence-corrected chi connectivity index (χ3v) is 4.42. The highest BCUT2D eigenvalue weighted by atomic mass is 32.2.